The molecule has 0 bridgehead atoms. The Hall–Kier alpha value is -2.53. The maximum atomic E-state index is 11.9. The standard InChI is InChI=1S/C21H21N3OS/c1-24-20(25)12-19(23-21(24)22)18-11-17(18)14-8-6-13(7-9-14)15-4-3-5-16(10-15)26-2/h3-10,12,17-18H,11H2,1-2H3,(H2,22,23)/t17-,18-/m0/s1. The van der Waals surface area contributed by atoms with Crippen LogP contribution in [0.1, 0.15) is 29.5 Å². The molecule has 132 valence electrons. The number of anilines is 1. The summed E-state index contributed by atoms with van der Waals surface area (Å²) in [5.74, 6) is 0.986. The highest BCUT2D eigenvalue weighted by atomic mass is 32.2. The van der Waals surface area contributed by atoms with Crippen LogP contribution in [0.3, 0.4) is 0 Å². The van der Waals surface area contributed by atoms with Crippen LogP contribution in [0.15, 0.2) is 64.3 Å². The van der Waals surface area contributed by atoms with Crippen molar-refractivity contribution in [2.45, 2.75) is 23.2 Å². The van der Waals surface area contributed by atoms with Crippen LogP contribution in [0.5, 0.6) is 0 Å². The lowest BCUT2D eigenvalue weighted by atomic mass is 10.0. The normalized spacial score (nSPS) is 18.7. The van der Waals surface area contributed by atoms with E-state index in [0.29, 0.717) is 5.92 Å². The van der Waals surface area contributed by atoms with Crippen molar-refractivity contribution in [3.05, 3.63) is 76.2 Å². The molecule has 4 rings (SSSR count). The zero-order chi connectivity index (χ0) is 18.3. The lowest BCUT2D eigenvalue weighted by Crippen LogP contribution is -2.21. The van der Waals surface area contributed by atoms with Crippen molar-refractivity contribution in [2.75, 3.05) is 12.0 Å². The number of hydrogen-bond acceptors (Lipinski definition) is 4. The molecule has 1 aromatic heterocycles. The van der Waals surface area contributed by atoms with E-state index in [2.05, 4.69) is 59.8 Å². The second kappa shape index (κ2) is 6.65. The van der Waals surface area contributed by atoms with E-state index in [9.17, 15) is 4.79 Å². The Morgan fingerprint density at radius 1 is 1.08 bits per heavy atom. The van der Waals surface area contributed by atoms with E-state index in [0.717, 1.165) is 12.1 Å². The highest BCUT2D eigenvalue weighted by molar-refractivity contribution is 7.98. The number of nitrogen functional groups attached to an aromatic ring is 1. The summed E-state index contributed by atoms with van der Waals surface area (Å²) in [7, 11) is 1.64. The van der Waals surface area contributed by atoms with E-state index in [1.807, 2.05) is 0 Å². The molecule has 4 nitrogen and oxygen atoms in total. The van der Waals surface area contributed by atoms with Gasteiger partial charge >= 0.3 is 0 Å². The minimum atomic E-state index is -0.0952. The van der Waals surface area contributed by atoms with Gasteiger partial charge in [0.25, 0.3) is 5.56 Å². The van der Waals surface area contributed by atoms with Gasteiger partial charge in [-0.25, -0.2) is 4.98 Å². The molecule has 1 aliphatic carbocycles. The van der Waals surface area contributed by atoms with Crippen molar-refractivity contribution >= 4 is 17.7 Å². The molecule has 3 aromatic rings. The number of benzene rings is 2. The Morgan fingerprint density at radius 3 is 2.54 bits per heavy atom. The van der Waals surface area contributed by atoms with Gasteiger partial charge in [-0.05, 0) is 47.4 Å². The van der Waals surface area contributed by atoms with Crippen molar-refractivity contribution < 1.29 is 0 Å². The quantitative estimate of drug-likeness (QED) is 0.711. The number of aromatic nitrogens is 2. The average molecular weight is 363 g/mol. The van der Waals surface area contributed by atoms with Crippen molar-refractivity contribution in [1.29, 1.82) is 0 Å². The maximum Gasteiger partial charge on any atom is 0.254 e. The van der Waals surface area contributed by atoms with Gasteiger partial charge < -0.3 is 5.73 Å². The van der Waals surface area contributed by atoms with Gasteiger partial charge in [-0.15, -0.1) is 11.8 Å². The summed E-state index contributed by atoms with van der Waals surface area (Å²) in [6.45, 7) is 0. The van der Waals surface area contributed by atoms with E-state index >= 15 is 0 Å². The summed E-state index contributed by atoms with van der Waals surface area (Å²) < 4.78 is 1.37. The van der Waals surface area contributed by atoms with Gasteiger partial charge in [0.1, 0.15) is 0 Å². The Bertz CT molecular complexity index is 1010. The number of hydrogen-bond donors (Lipinski definition) is 1. The van der Waals surface area contributed by atoms with Crippen molar-refractivity contribution in [3.8, 4) is 11.1 Å². The Balaban J connectivity index is 1.54. The molecule has 0 saturated heterocycles. The molecule has 2 aromatic carbocycles. The van der Waals surface area contributed by atoms with Crippen LogP contribution in [0, 0.1) is 0 Å². The van der Waals surface area contributed by atoms with Crippen LogP contribution in [0.4, 0.5) is 5.95 Å². The zero-order valence-corrected chi connectivity index (χ0v) is 15.7. The third-order valence-corrected chi connectivity index (χ3v) is 5.83. The fraction of sp³-hybridized carbons (Fsp3) is 0.238. The van der Waals surface area contributed by atoms with Gasteiger partial charge in [0, 0.05) is 23.9 Å². The fourth-order valence-corrected chi connectivity index (χ4v) is 3.84. The number of rotatable bonds is 4. The first-order valence-corrected chi connectivity index (χ1v) is 9.87. The molecule has 1 saturated carbocycles. The van der Waals surface area contributed by atoms with Crippen molar-refractivity contribution in [3.63, 3.8) is 0 Å². The molecule has 26 heavy (non-hydrogen) atoms. The van der Waals surface area contributed by atoms with Crippen LogP contribution >= 0.6 is 11.8 Å². The van der Waals surface area contributed by atoms with Gasteiger partial charge in [0.05, 0.1) is 5.69 Å². The molecule has 0 spiro atoms. The first-order chi connectivity index (χ1) is 12.6. The van der Waals surface area contributed by atoms with E-state index in [1.54, 1.807) is 24.9 Å². The van der Waals surface area contributed by atoms with E-state index in [4.69, 9.17) is 5.73 Å². The molecule has 1 aliphatic rings. The van der Waals surface area contributed by atoms with Gasteiger partial charge in [-0.2, -0.15) is 0 Å². The average Bonchev–Trinajstić information content (AvgIpc) is 3.47. The second-order valence-corrected chi connectivity index (χ2v) is 7.62. The molecule has 1 heterocycles. The van der Waals surface area contributed by atoms with Gasteiger partial charge in [-0.3, -0.25) is 9.36 Å². The lowest BCUT2D eigenvalue weighted by Gasteiger charge is -2.07. The van der Waals surface area contributed by atoms with Crippen LogP contribution in [-0.4, -0.2) is 15.8 Å². The predicted octanol–water partition coefficient (Wildman–Crippen LogP) is 4.02. The third-order valence-electron chi connectivity index (χ3n) is 5.10. The monoisotopic (exact) mass is 363 g/mol. The third kappa shape index (κ3) is 3.15. The predicted molar refractivity (Wildman–Crippen MR) is 108 cm³/mol. The first-order valence-electron chi connectivity index (χ1n) is 8.64. The van der Waals surface area contributed by atoms with Gasteiger partial charge in [-0.1, -0.05) is 36.4 Å². The highest BCUT2D eigenvalue weighted by Gasteiger charge is 2.41. The molecule has 5 heteroatoms. The lowest BCUT2D eigenvalue weighted by molar-refractivity contribution is 0.813. The SMILES string of the molecule is CSc1cccc(-c2ccc([C@@H]3C[C@@H]3c3cc(=O)n(C)c(N)n3)cc2)c1. The summed E-state index contributed by atoms with van der Waals surface area (Å²) in [6, 6.07) is 18.9. The minimum Gasteiger partial charge on any atom is -0.369 e. The molecule has 0 amide bonds. The molecule has 0 aliphatic heterocycles. The minimum absolute atomic E-state index is 0.0952. The molecular formula is C21H21N3OS. The summed E-state index contributed by atoms with van der Waals surface area (Å²) in [5, 5.41) is 0. The van der Waals surface area contributed by atoms with Gasteiger partial charge in [0.2, 0.25) is 5.95 Å². The summed E-state index contributed by atoms with van der Waals surface area (Å²) in [6.07, 6.45) is 3.11. The topological polar surface area (TPSA) is 60.9 Å². The Morgan fingerprint density at radius 2 is 1.85 bits per heavy atom. The molecule has 2 atom stereocenters. The Labute approximate surface area is 157 Å². The number of nitrogens with zero attached hydrogens (tertiary/aromatic N) is 2. The highest BCUT2D eigenvalue weighted by Crippen LogP contribution is 2.54. The molecule has 0 radical (unpaired) electrons. The fourth-order valence-electron chi connectivity index (χ4n) is 3.38. The maximum absolute atomic E-state index is 11.9. The Kier molecular flexibility index (Phi) is 4.32. The summed E-state index contributed by atoms with van der Waals surface area (Å²) >= 11 is 1.75. The summed E-state index contributed by atoms with van der Waals surface area (Å²) in [4.78, 5) is 17.6. The van der Waals surface area contributed by atoms with Crippen molar-refractivity contribution in [2.24, 2.45) is 7.05 Å². The molecule has 1 fully saturated rings. The molecule has 0 unspecified atom stereocenters. The van der Waals surface area contributed by atoms with Crippen LogP contribution in [-0.2, 0) is 7.05 Å². The molecule has 2 N–H and O–H groups in total. The van der Waals surface area contributed by atoms with E-state index < -0.39 is 0 Å². The largest absolute Gasteiger partial charge is 0.369 e. The van der Waals surface area contributed by atoms with Crippen molar-refractivity contribution in [1.82, 2.24) is 9.55 Å². The molecular weight excluding hydrogens is 342 g/mol. The summed E-state index contributed by atoms with van der Waals surface area (Å²) in [5.41, 5.74) is 10.3. The van der Waals surface area contributed by atoms with Gasteiger partial charge in [0.15, 0.2) is 0 Å². The number of nitrogens with two attached hydrogens (primary N) is 1. The van der Waals surface area contributed by atoms with Crippen LogP contribution in [0.2, 0.25) is 0 Å². The second-order valence-electron chi connectivity index (χ2n) is 6.74. The van der Waals surface area contributed by atoms with E-state index in [-0.39, 0.29) is 17.4 Å². The van der Waals surface area contributed by atoms with E-state index in [1.165, 1.54) is 26.2 Å². The zero-order valence-electron chi connectivity index (χ0n) is 14.8. The smallest absolute Gasteiger partial charge is 0.254 e. The first kappa shape index (κ1) is 16.9. The number of thioether (sulfide) groups is 1. The van der Waals surface area contributed by atoms with Crippen LogP contribution < -0.4 is 11.3 Å². The van der Waals surface area contributed by atoms with Crippen LogP contribution in [0.25, 0.3) is 11.1 Å².